The van der Waals surface area contributed by atoms with Gasteiger partial charge in [-0.1, -0.05) is 12.2 Å². The summed E-state index contributed by atoms with van der Waals surface area (Å²) in [5.41, 5.74) is 6.84. The van der Waals surface area contributed by atoms with Crippen LogP contribution in [0.4, 0.5) is 5.82 Å². The predicted octanol–water partition coefficient (Wildman–Crippen LogP) is 0.532. The second-order valence-electron chi connectivity index (χ2n) is 3.98. The van der Waals surface area contributed by atoms with Crippen LogP contribution in [0.1, 0.15) is 6.42 Å². The summed E-state index contributed by atoms with van der Waals surface area (Å²) in [6.45, 7) is 0.508. The average molecular weight is 283 g/mol. The number of nitrogen functional groups attached to an aromatic ring is 1. The molecule has 0 saturated carbocycles. The average Bonchev–Trinajstić information content (AvgIpc) is 2.72. The molecule has 0 radical (unpaired) electrons. The molecule has 0 aromatic carbocycles. The maximum atomic E-state index is 10.6. The van der Waals surface area contributed by atoms with Gasteiger partial charge in [0.25, 0.3) is 0 Å². The van der Waals surface area contributed by atoms with Crippen molar-refractivity contribution in [1.82, 2.24) is 19.5 Å². The Kier molecular flexibility index (Phi) is 3.94. The maximum absolute atomic E-state index is 10.6. The minimum Gasteiger partial charge on any atom is -0.382 e. The van der Waals surface area contributed by atoms with E-state index in [-0.39, 0.29) is 6.16 Å². The Bertz CT molecular complexity index is 648. The molecule has 2 heterocycles. The zero-order valence-corrected chi connectivity index (χ0v) is 10.9. The van der Waals surface area contributed by atoms with Crippen LogP contribution in [0.2, 0.25) is 0 Å². The van der Waals surface area contributed by atoms with Crippen LogP contribution in [-0.2, 0) is 11.1 Å². The lowest BCUT2D eigenvalue weighted by atomic mass is 10.4. The van der Waals surface area contributed by atoms with Gasteiger partial charge in [-0.15, -0.1) is 0 Å². The summed E-state index contributed by atoms with van der Waals surface area (Å²) >= 11 is 0. The molecule has 102 valence electrons. The van der Waals surface area contributed by atoms with Crippen LogP contribution in [0.3, 0.4) is 0 Å². The highest BCUT2D eigenvalue weighted by atomic mass is 31.2. The van der Waals surface area contributed by atoms with Crippen molar-refractivity contribution in [3.05, 3.63) is 24.8 Å². The molecule has 19 heavy (non-hydrogen) atoms. The Balaban J connectivity index is 2.01. The number of hydrogen-bond donors (Lipinski definition) is 3. The van der Waals surface area contributed by atoms with Crippen LogP contribution in [0.5, 0.6) is 0 Å². The highest BCUT2D eigenvalue weighted by Gasteiger charge is 2.10. The lowest BCUT2D eigenvalue weighted by Crippen LogP contribution is -1.97. The SMILES string of the molecule is Nc1ncnc2c1ncn2CC=CCCP(=O)(O)O. The molecule has 2 rings (SSSR count). The van der Waals surface area contributed by atoms with Crippen molar-refractivity contribution < 1.29 is 14.4 Å². The highest BCUT2D eigenvalue weighted by molar-refractivity contribution is 7.51. The number of imidazole rings is 1. The van der Waals surface area contributed by atoms with Crippen molar-refractivity contribution in [2.75, 3.05) is 11.9 Å². The van der Waals surface area contributed by atoms with Gasteiger partial charge in [-0.05, 0) is 6.42 Å². The van der Waals surface area contributed by atoms with Crippen molar-refractivity contribution in [1.29, 1.82) is 0 Å². The molecule has 0 fully saturated rings. The quantitative estimate of drug-likeness (QED) is 0.539. The standard InChI is InChI=1S/C10H14N5O3P/c11-9-8-10(13-6-12-9)15(7-14-8)4-2-1-3-5-19(16,17)18/h1-2,6-7H,3-5H2,(H2,11,12,13)(H2,16,17,18). The molecule has 0 saturated heterocycles. The lowest BCUT2D eigenvalue weighted by Gasteiger charge is -2.00. The van der Waals surface area contributed by atoms with Gasteiger partial charge in [-0.2, -0.15) is 0 Å². The normalized spacial score (nSPS) is 12.5. The molecule has 2 aromatic rings. The minimum absolute atomic E-state index is 0.150. The number of anilines is 1. The van der Waals surface area contributed by atoms with Crippen LogP contribution in [-0.4, -0.2) is 35.5 Å². The van der Waals surface area contributed by atoms with Crippen molar-refractivity contribution in [2.24, 2.45) is 0 Å². The third kappa shape index (κ3) is 3.60. The van der Waals surface area contributed by atoms with E-state index in [1.807, 2.05) is 0 Å². The monoisotopic (exact) mass is 283 g/mol. The number of rotatable bonds is 5. The van der Waals surface area contributed by atoms with Gasteiger partial charge in [0.15, 0.2) is 11.5 Å². The molecular formula is C10H14N5O3P. The molecule has 0 aliphatic heterocycles. The summed E-state index contributed by atoms with van der Waals surface area (Å²) in [4.78, 5) is 29.5. The molecule has 0 bridgehead atoms. The fraction of sp³-hybridized carbons (Fsp3) is 0.300. The number of fused-ring (bicyclic) bond motifs is 1. The van der Waals surface area contributed by atoms with E-state index in [4.69, 9.17) is 15.5 Å². The molecule has 4 N–H and O–H groups in total. The molecule has 0 atom stereocenters. The van der Waals surface area contributed by atoms with E-state index in [1.165, 1.54) is 6.33 Å². The first-order valence-electron chi connectivity index (χ1n) is 5.58. The Morgan fingerprint density at radius 3 is 2.84 bits per heavy atom. The second kappa shape index (κ2) is 5.48. The van der Waals surface area contributed by atoms with E-state index in [0.717, 1.165) is 0 Å². The first-order chi connectivity index (χ1) is 8.97. The molecule has 8 nitrogen and oxygen atoms in total. The fourth-order valence-corrected chi connectivity index (χ4v) is 2.07. The number of nitrogens with zero attached hydrogens (tertiary/aromatic N) is 4. The summed E-state index contributed by atoms with van der Waals surface area (Å²) in [5.74, 6) is 0.328. The minimum atomic E-state index is -3.92. The Labute approximate surface area is 109 Å². The first kappa shape index (κ1) is 13.7. The van der Waals surface area contributed by atoms with Gasteiger partial charge < -0.3 is 20.1 Å². The van der Waals surface area contributed by atoms with Gasteiger partial charge in [0, 0.05) is 6.54 Å². The number of nitrogens with two attached hydrogens (primary N) is 1. The predicted molar refractivity (Wildman–Crippen MR) is 70.4 cm³/mol. The van der Waals surface area contributed by atoms with E-state index in [0.29, 0.717) is 29.9 Å². The largest absolute Gasteiger partial charge is 0.382 e. The molecule has 9 heteroatoms. The molecule has 0 amide bonds. The molecule has 2 aromatic heterocycles. The lowest BCUT2D eigenvalue weighted by molar-refractivity contribution is 0.373. The summed E-state index contributed by atoms with van der Waals surface area (Å²) in [6.07, 6.45) is 6.66. The number of allylic oxidation sites excluding steroid dienone is 2. The first-order valence-corrected chi connectivity index (χ1v) is 7.38. The second-order valence-corrected chi connectivity index (χ2v) is 5.75. The summed E-state index contributed by atoms with van der Waals surface area (Å²) in [5, 5.41) is 0. The number of aromatic nitrogens is 4. The van der Waals surface area contributed by atoms with Crippen LogP contribution in [0, 0.1) is 0 Å². The molecular weight excluding hydrogens is 269 g/mol. The highest BCUT2D eigenvalue weighted by Crippen LogP contribution is 2.34. The zero-order chi connectivity index (χ0) is 13.9. The summed E-state index contributed by atoms with van der Waals surface area (Å²) < 4.78 is 12.4. The Morgan fingerprint density at radius 1 is 1.32 bits per heavy atom. The zero-order valence-electron chi connectivity index (χ0n) is 10.0. The Morgan fingerprint density at radius 2 is 2.11 bits per heavy atom. The third-order valence-electron chi connectivity index (χ3n) is 2.49. The van der Waals surface area contributed by atoms with Gasteiger partial charge in [-0.3, -0.25) is 4.57 Å². The van der Waals surface area contributed by atoms with Gasteiger partial charge in [0.2, 0.25) is 0 Å². The van der Waals surface area contributed by atoms with Gasteiger partial charge in [0.05, 0.1) is 12.5 Å². The fourth-order valence-electron chi connectivity index (χ4n) is 1.58. The molecule has 0 spiro atoms. The van der Waals surface area contributed by atoms with Crippen LogP contribution < -0.4 is 5.73 Å². The van der Waals surface area contributed by atoms with Crippen LogP contribution in [0.15, 0.2) is 24.8 Å². The van der Waals surface area contributed by atoms with Gasteiger partial charge >= 0.3 is 7.60 Å². The van der Waals surface area contributed by atoms with Crippen molar-refractivity contribution in [2.45, 2.75) is 13.0 Å². The Hall–Kier alpha value is -1.76. The van der Waals surface area contributed by atoms with E-state index in [9.17, 15) is 4.57 Å². The molecule has 0 unspecified atom stereocenters. The number of hydrogen-bond acceptors (Lipinski definition) is 5. The smallest absolute Gasteiger partial charge is 0.325 e. The van der Waals surface area contributed by atoms with Crippen molar-refractivity contribution in [3.63, 3.8) is 0 Å². The van der Waals surface area contributed by atoms with Gasteiger partial charge in [0.1, 0.15) is 11.8 Å². The summed E-state index contributed by atoms with van der Waals surface area (Å²) in [7, 11) is -3.92. The van der Waals surface area contributed by atoms with Crippen molar-refractivity contribution in [3.8, 4) is 0 Å². The van der Waals surface area contributed by atoms with E-state index in [2.05, 4.69) is 15.0 Å². The third-order valence-corrected chi connectivity index (χ3v) is 3.33. The van der Waals surface area contributed by atoms with Gasteiger partial charge in [-0.25, -0.2) is 15.0 Å². The molecule has 0 aliphatic carbocycles. The van der Waals surface area contributed by atoms with Crippen molar-refractivity contribution >= 4 is 24.6 Å². The molecule has 0 aliphatic rings. The van der Waals surface area contributed by atoms with E-state index < -0.39 is 7.60 Å². The maximum Gasteiger partial charge on any atom is 0.325 e. The van der Waals surface area contributed by atoms with E-state index >= 15 is 0 Å². The topological polar surface area (TPSA) is 127 Å². The van der Waals surface area contributed by atoms with E-state index in [1.54, 1.807) is 23.0 Å². The van der Waals surface area contributed by atoms with Crippen LogP contribution >= 0.6 is 7.60 Å². The van der Waals surface area contributed by atoms with Crippen LogP contribution in [0.25, 0.3) is 11.2 Å². The summed E-state index contributed by atoms with van der Waals surface area (Å²) in [6, 6.07) is 0.